The van der Waals surface area contributed by atoms with Gasteiger partial charge in [-0.1, -0.05) is 18.2 Å². The molecule has 3 aromatic rings. The molecular formula is C19H20N4OS. The Morgan fingerprint density at radius 1 is 1.20 bits per heavy atom. The summed E-state index contributed by atoms with van der Waals surface area (Å²) < 4.78 is 0. The van der Waals surface area contributed by atoms with E-state index in [0.29, 0.717) is 18.1 Å². The average molecular weight is 352 g/mol. The smallest absolute Gasteiger partial charge is 0.227 e. The molecule has 3 rings (SSSR count). The van der Waals surface area contributed by atoms with Crippen LogP contribution in [0, 0.1) is 6.92 Å². The third kappa shape index (κ3) is 4.64. The molecule has 0 saturated carbocycles. The first-order chi connectivity index (χ1) is 12.1. The summed E-state index contributed by atoms with van der Waals surface area (Å²) >= 11 is 1.41. The second-order valence-corrected chi connectivity index (χ2v) is 6.67. The minimum absolute atomic E-state index is 0.0403. The van der Waals surface area contributed by atoms with E-state index in [-0.39, 0.29) is 5.91 Å². The van der Waals surface area contributed by atoms with Crippen molar-refractivity contribution in [2.45, 2.75) is 13.3 Å². The molecule has 0 aliphatic heterocycles. The van der Waals surface area contributed by atoms with E-state index < -0.39 is 0 Å². The molecule has 6 heteroatoms. The van der Waals surface area contributed by atoms with Gasteiger partial charge in [-0.25, -0.2) is 4.98 Å². The van der Waals surface area contributed by atoms with Crippen LogP contribution in [0.2, 0.25) is 0 Å². The molecule has 1 N–H and O–H groups in total. The van der Waals surface area contributed by atoms with Crippen LogP contribution in [0.5, 0.6) is 0 Å². The van der Waals surface area contributed by atoms with E-state index in [2.05, 4.69) is 39.2 Å². The van der Waals surface area contributed by atoms with Gasteiger partial charge < -0.3 is 10.2 Å². The summed E-state index contributed by atoms with van der Waals surface area (Å²) in [6, 6.07) is 13.9. The van der Waals surface area contributed by atoms with Gasteiger partial charge in [-0.15, -0.1) is 11.3 Å². The molecular weight excluding hydrogens is 332 g/mol. The number of hydrogen-bond donors (Lipinski definition) is 1. The van der Waals surface area contributed by atoms with Gasteiger partial charge in [0.2, 0.25) is 5.91 Å². The normalized spacial score (nSPS) is 10.5. The zero-order valence-corrected chi connectivity index (χ0v) is 15.1. The minimum Gasteiger partial charge on any atom is -0.374 e. The standard InChI is InChI=1S/C19H20N4OS/c1-14-6-5-7-15(12-14)23(2)11-9-18(24)22-19-21-17(13-25-19)16-8-3-4-10-20-16/h3-8,10,12-13H,9,11H2,1-2H3,(H,21,22,24). The van der Waals surface area contributed by atoms with Crippen molar-refractivity contribution >= 4 is 28.1 Å². The van der Waals surface area contributed by atoms with Gasteiger partial charge in [0.25, 0.3) is 0 Å². The van der Waals surface area contributed by atoms with E-state index in [1.165, 1.54) is 16.9 Å². The first kappa shape index (κ1) is 17.1. The number of anilines is 2. The molecule has 0 fully saturated rings. The van der Waals surface area contributed by atoms with Crippen molar-refractivity contribution in [3.05, 3.63) is 59.6 Å². The number of benzene rings is 1. The number of carbonyl (C=O) groups is 1. The van der Waals surface area contributed by atoms with E-state index in [1.54, 1.807) is 6.20 Å². The predicted molar refractivity (Wildman–Crippen MR) is 103 cm³/mol. The molecule has 0 spiro atoms. The number of thiazole rings is 1. The Labute approximate surface area is 151 Å². The maximum absolute atomic E-state index is 12.2. The summed E-state index contributed by atoms with van der Waals surface area (Å²) in [5.41, 5.74) is 3.90. The molecule has 0 radical (unpaired) electrons. The lowest BCUT2D eigenvalue weighted by Crippen LogP contribution is -2.23. The monoisotopic (exact) mass is 352 g/mol. The lowest BCUT2D eigenvalue weighted by molar-refractivity contribution is -0.116. The van der Waals surface area contributed by atoms with Crippen molar-refractivity contribution in [1.29, 1.82) is 0 Å². The van der Waals surface area contributed by atoms with Crippen molar-refractivity contribution < 1.29 is 4.79 Å². The number of nitrogens with one attached hydrogen (secondary N) is 1. The van der Waals surface area contributed by atoms with Crippen LogP contribution < -0.4 is 10.2 Å². The number of hydrogen-bond acceptors (Lipinski definition) is 5. The number of aryl methyl sites for hydroxylation is 1. The van der Waals surface area contributed by atoms with E-state index in [4.69, 9.17) is 0 Å². The summed E-state index contributed by atoms with van der Waals surface area (Å²) in [4.78, 5) is 22.9. The molecule has 0 atom stereocenters. The Bertz CT molecular complexity index is 847. The number of carbonyl (C=O) groups excluding carboxylic acids is 1. The number of aromatic nitrogens is 2. The van der Waals surface area contributed by atoms with Gasteiger partial charge in [0.1, 0.15) is 5.69 Å². The summed E-state index contributed by atoms with van der Waals surface area (Å²) in [6.07, 6.45) is 2.14. The van der Waals surface area contributed by atoms with Crippen LogP contribution in [0.15, 0.2) is 54.0 Å². The van der Waals surface area contributed by atoms with Crippen LogP contribution in [0.1, 0.15) is 12.0 Å². The van der Waals surface area contributed by atoms with Gasteiger partial charge in [0.05, 0.1) is 5.69 Å². The fourth-order valence-corrected chi connectivity index (χ4v) is 3.13. The molecule has 128 valence electrons. The van der Waals surface area contributed by atoms with Crippen LogP contribution in [0.25, 0.3) is 11.4 Å². The number of pyridine rings is 1. The van der Waals surface area contributed by atoms with Crippen LogP contribution in [-0.2, 0) is 4.79 Å². The number of rotatable bonds is 6. The Morgan fingerprint density at radius 3 is 2.84 bits per heavy atom. The third-order valence-electron chi connectivity index (χ3n) is 3.79. The number of nitrogens with zero attached hydrogens (tertiary/aromatic N) is 3. The first-order valence-corrected chi connectivity index (χ1v) is 8.94. The van der Waals surface area contributed by atoms with Crippen LogP contribution in [0.4, 0.5) is 10.8 Å². The van der Waals surface area contributed by atoms with Gasteiger partial charge in [0, 0.05) is 37.3 Å². The quantitative estimate of drug-likeness (QED) is 0.729. The molecule has 25 heavy (non-hydrogen) atoms. The van der Waals surface area contributed by atoms with Gasteiger partial charge in [-0.2, -0.15) is 0 Å². The molecule has 2 heterocycles. The zero-order chi connectivity index (χ0) is 17.6. The van der Waals surface area contributed by atoms with Gasteiger partial charge in [-0.05, 0) is 36.8 Å². The van der Waals surface area contributed by atoms with Crippen LogP contribution in [-0.4, -0.2) is 29.5 Å². The third-order valence-corrected chi connectivity index (χ3v) is 4.55. The Kier molecular flexibility index (Phi) is 5.40. The molecule has 0 aliphatic carbocycles. The maximum Gasteiger partial charge on any atom is 0.227 e. The summed E-state index contributed by atoms with van der Waals surface area (Å²) in [7, 11) is 1.99. The Hall–Kier alpha value is -2.73. The van der Waals surface area contributed by atoms with E-state index in [1.807, 2.05) is 42.8 Å². The van der Waals surface area contributed by atoms with Gasteiger partial charge in [-0.3, -0.25) is 9.78 Å². The fourth-order valence-electron chi connectivity index (χ4n) is 2.41. The first-order valence-electron chi connectivity index (χ1n) is 8.06. The lowest BCUT2D eigenvalue weighted by atomic mass is 10.2. The summed E-state index contributed by atoms with van der Waals surface area (Å²) in [5.74, 6) is -0.0403. The van der Waals surface area contributed by atoms with Crippen molar-refractivity contribution in [2.24, 2.45) is 0 Å². The van der Waals surface area contributed by atoms with E-state index in [0.717, 1.165) is 17.1 Å². The highest BCUT2D eigenvalue weighted by molar-refractivity contribution is 7.14. The lowest BCUT2D eigenvalue weighted by Gasteiger charge is -2.19. The van der Waals surface area contributed by atoms with Crippen LogP contribution in [0.3, 0.4) is 0 Å². The second kappa shape index (κ2) is 7.90. The highest BCUT2D eigenvalue weighted by Crippen LogP contribution is 2.23. The summed E-state index contributed by atoms with van der Waals surface area (Å²) in [6.45, 7) is 2.71. The molecule has 0 aliphatic rings. The maximum atomic E-state index is 12.2. The second-order valence-electron chi connectivity index (χ2n) is 5.81. The molecule has 2 aromatic heterocycles. The fraction of sp³-hybridized carbons (Fsp3) is 0.211. The Balaban J connectivity index is 1.54. The van der Waals surface area contributed by atoms with E-state index in [9.17, 15) is 4.79 Å². The SMILES string of the molecule is Cc1cccc(N(C)CCC(=O)Nc2nc(-c3ccccn3)cs2)c1. The van der Waals surface area contributed by atoms with Crippen molar-refractivity contribution in [1.82, 2.24) is 9.97 Å². The predicted octanol–water partition coefficient (Wildman–Crippen LogP) is 3.98. The zero-order valence-electron chi connectivity index (χ0n) is 14.3. The van der Waals surface area contributed by atoms with Crippen molar-refractivity contribution in [3.8, 4) is 11.4 Å². The molecule has 0 bridgehead atoms. The van der Waals surface area contributed by atoms with E-state index >= 15 is 0 Å². The molecule has 0 unspecified atom stereocenters. The van der Waals surface area contributed by atoms with Crippen molar-refractivity contribution in [3.63, 3.8) is 0 Å². The average Bonchev–Trinajstić information content (AvgIpc) is 3.09. The molecule has 1 amide bonds. The van der Waals surface area contributed by atoms with Crippen molar-refractivity contribution in [2.75, 3.05) is 23.8 Å². The highest BCUT2D eigenvalue weighted by atomic mass is 32.1. The minimum atomic E-state index is -0.0403. The summed E-state index contributed by atoms with van der Waals surface area (Å²) in [5, 5.41) is 5.36. The molecule has 0 saturated heterocycles. The van der Waals surface area contributed by atoms with Crippen LogP contribution >= 0.6 is 11.3 Å². The topological polar surface area (TPSA) is 58.1 Å². The Morgan fingerprint density at radius 2 is 2.08 bits per heavy atom. The molecule has 5 nitrogen and oxygen atoms in total. The molecule has 1 aromatic carbocycles. The highest BCUT2D eigenvalue weighted by Gasteiger charge is 2.10. The van der Waals surface area contributed by atoms with Gasteiger partial charge >= 0.3 is 0 Å². The largest absolute Gasteiger partial charge is 0.374 e. The number of amides is 1. The van der Waals surface area contributed by atoms with Gasteiger partial charge in [0.15, 0.2) is 5.13 Å².